The van der Waals surface area contributed by atoms with E-state index < -0.39 is 5.60 Å². The molecule has 2 N–H and O–H groups in total. The monoisotopic (exact) mass is 249 g/mol. The maximum absolute atomic E-state index is 11.5. The van der Waals surface area contributed by atoms with E-state index in [1.165, 1.54) is 19.4 Å². The Bertz CT molecular complexity index is 388. The van der Waals surface area contributed by atoms with Crippen molar-refractivity contribution in [1.82, 2.24) is 5.32 Å². The molecule has 1 amide bonds. The highest BCUT2D eigenvalue weighted by molar-refractivity contribution is 5.83. The molecule has 0 saturated heterocycles. The molecule has 0 heterocycles. The van der Waals surface area contributed by atoms with Crippen molar-refractivity contribution >= 4 is 5.91 Å². The van der Waals surface area contributed by atoms with Gasteiger partial charge in [-0.2, -0.15) is 0 Å². The van der Waals surface area contributed by atoms with Crippen LogP contribution >= 0.6 is 0 Å². The number of hydrogen-bond donors (Lipinski definition) is 2. The largest absolute Gasteiger partial charge is 0.381 e. The summed E-state index contributed by atoms with van der Waals surface area (Å²) in [7, 11) is 0. The van der Waals surface area contributed by atoms with Crippen LogP contribution < -0.4 is 5.32 Å². The topological polar surface area (TPSA) is 49.3 Å². The molecule has 0 aromatic heterocycles. The smallest absolute Gasteiger partial charge is 0.251 e. The Morgan fingerprint density at radius 1 is 1.22 bits per heavy atom. The molecule has 0 fully saturated rings. The summed E-state index contributed by atoms with van der Waals surface area (Å²) < 4.78 is 0. The van der Waals surface area contributed by atoms with Crippen LogP contribution in [0.4, 0.5) is 0 Å². The molecule has 0 bridgehead atoms. The number of rotatable bonds is 5. The molecule has 1 aromatic carbocycles. The maximum atomic E-state index is 11.5. The second-order valence-electron chi connectivity index (χ2n) is 5.66. The van der Waals surface area contributed by atoms with Crippen LogP contribution in [0.2, 0.25) is 0 Å². The average Bonchev–Trinajstić information content (AvgIpc) is 2.25. The fraction of sp³-hybridized carbons (Fsp3) is 0.533. The van der Waals surface area contributed by atoms with Crippen LogP contribution in [0, 0.1) is 5.92 Å². The molecular formula is C15H23NO2. The predicted molar refractivity (Wildman–Crippen MR) is 73.1 cm³/mol. The number of hydrogen-bond acceptors (Lipinski definition) is 2. The first-order valence-electron chi connectivity index (χ1n) is 6.37. The lowest BCUT2D eigenvalue weighted by molar-refractivity contribution is -0.136. The zero-order chi connectivity index (χ0) is 13.8. The van der Waals surface area contributed by atoms with Gasteiger partial charge in [0.25, 0.3) is 5.91 Å². The molecule has 0 aliphatic heterocycles. The molecule has 3 heteroatoms. The van der Waals surface area contributed by atoms with Crippen molar-refractivity contribution in [3.05, 3.63) is 35.4 Å². The summed E-state index contributed by atoms with van der Waals surface area (Å²) in [6.45, 7) is 7.79. The van der Waals surface area contributed by atoms with Gasteiger partial charge in [-0.1, -0.05) is 38.1 Å². The molecule has 0 spiro atoms. The molecule has 0 radical (unpaired) electrons. The molecule has 0 saturated carbocycles. The minimum absolute atomic E-state index is 0.353. The zero-order valence-corrected chi connectivity index (χ0v) is 11.7. The minimum atomic E-state index is -1.32. The first-order chi connectivity index (χ1) is 8.29. The fourth-order valence-corrected chi connectivity index (χ4v) is 1.66. The van der Waals surface area contributed by atoms with Crippen LogP contribution in [0.1, 0.15) is 38.8 Å². The second kappa shape index (κ2) is 6.01. The highest BCUT2D eigenvalue weighted by atomic mass is 16.3. The maximum Gasteiger partial charge on any atom is 0.251 e. The third kappa shape index (κ3) is 4.88. The van der Waals surface area contributed by atoms with Crippen LogP contribution in [0.15, 0.2) is 24.3 Å². The van der Waals surface area contributed by atoms with E-state index in [1.807, 2.05) is 12.1 Å². The normalized spacial score (nSPS) is 11.7. The van der Waals surface area contributed by atoms with Crippen molar-refractivity contribution in [2.24, 2.45) is 5.92 Å². The first-order valence-corrected chi connectivity index (χ1v) is 6.37. The summed E-state index contributed by atoms with van der Waals surface area (Å²) in [6, 6.07) is 8.21. The van der Waals surface area contributed by atoms with Gasteiger partial charge in [0.05, 0.1) is 0 Å². The Labute approximate surface area is 109 Å². The summed E-state index contributed by atoms with van der Waals surface area (Å²) >= 11 is 0. The van der Waals surface area contributed by atoms with Gasteiger partial charge in [0, 0.05) is 6.54 Å². The van der Waals surface area contributed by atoms with Gasteiger partial charge in [0.1, 0.15) is 5.60 Å². The van der Waals surface area contributed by atoms with Gasteiger partial charge in [-0.3, -0.25) is 4.79 Å². The first kappa shape index (κ1) is 14.7. The van der Waals surface area contributed by atoms with Crippen molar-refractivity contribution < 1.29 is 9.90 Å². The second-order valence-corrected chi connectivity index (χ2v) is 5.66. The highest BCUT2D eigenvalue weighted by Crippen LogP contribution is 2.10. The Morgan fingerprint density at radius 3 is 2.17 bits per heavy atom. The van der Waals surface area contributed by atoms with Crippen LogP contribution in [0.25, 0.3) is 0 Å². The third-order valence-corrected chi connectivity index (χ3v) is 2.68. The van der Waals surface area contributed by atoms with Crippen LogP contribution in [-0.2, 0) is 17.8 Å². The molecule has 0 unspecified atom stereocenters. The lowest BCUT2D eigenvalue weighted by Gasteiger charge is -2.16. The minimum Gasteiger partial charge on any atom is -0.381 e. The Balaban J connectivity index is 2.52. The van der Waals surface area contributed by atoms with Crippen LogP contribution in [0.3, 0.4) is 0 Å². The van der Waals surface area contributed by atoms with Crippen molar-refractivity contribution in [3.63, 3.8) is 0 Å². The van der Waals surface area contributed by atoms with Gasteiger partial charge in [-0.25, -0.2) is 0 Å². The molecule has 0 atom stereocenters. The summed E-state index contributed by atoms with van der Waals surface area (Å²) in [5.41, 5.74) is 1.03. The predicted octanol–water partition coefficient (Wildman–Crippen LogP) is 2.27. The summed E-state index contributed by atoms with van der Waals surface area (Å²) in [6.07, 6.45) is 1.07. The molecule has 1 rings (SSSR count). The lowest BCUT2D eigenvalue weighted by Crippen LogP contribution is -2.41. The highest BCUT2D eigenvalue weighted by Gasteiger charge is 2.22. The lowest BCUT2D eigenvalue weighted by atomic mass is 10.0. The SMILES string of the molecule is CC(C)Cc1ccc(CNC(=O)C(C)(C)O)cc1. The van der Waals surface area contributed by atoms with Crippen molar-refractivity contribution in [1.29, 1.82) is 0 Å². The van der Waals surface area contributed by atoms with Gasteiger partial charge in [0.15, 0.2) is 0 Å². The molecule has 100 valence electrons. The average molecular weight is 249 g/mol. The molecule has 1 aromatic rings. The Hall–Kier alpha value is -1.35. The van der Waals surface area contributed by atoms with E-state index in [9.17, 15) is 9.90 Å². The van der Waals surface area contributed by atoms with E-state index in [4.69, 9.17) is 0 Å². The van der Waals surface area contributed by atoms with Crippen LogP contribution in [0.5, 0.6) is 0 Å². The Morgan fingerprint density at radius 2 is 1.72 bits per heavy atom. The number of aliphatic hydroxyl groups is 1. The van der Waals surface area contributed by atoms with Gasteiger partial charge < -0.3 is 10.4 Å². The molecule has 0 aliphatic rings. The van der Waals surface area contributed by atoms with Gasteiger partial charge in [0.2, 0.25) is 0 Å². The van der Waals surface area contributed by atoms with E-state index >= 15 is 0 Å². The molecule has 18 heavy (non-hydrogen) atoms. The number of carbonyl (C=O) groups is 1. The Kier molecular flexibility index (Phi) is 4.91. The zero-order valence-electron chi connectivity index (χ0n) is 11.7. The molecular weight excluding hydrogens is 226 g/mol. The number of benzene rings is 1. The van der Waals surface area contributed by atoms with E-state index in [2.05, 4.69) is 31.3 Å². The molecule has 3 nitrogen and oxygen atoms in total. The number of nitrogens with one attached hydrogen (secondary N) is 1. The summed E-state index contributed by atoms with van der Waals surface area (Å²) in [5, 5.41) is 12.2. The van der Waals surface area contributed by atoms with Crippen LogP contribution in [-0.4, -0.2) is 16.6 Å². The van der Waals surface area contributed by atoms with Gasteiger partial charge in [-0.05, 0) is 37.3 Å². The van der Waals surface area contributed by atoms with Crippen molar-refractivity contribution in [3.8, 4) is 0 Å². The van der Waals surface area contributed by atoms with E-state index in [1.54, 1.807) is 0 Å². The fourth-order valence-electron chi connectivity index (χ4n) is 1.66. The quantitative estimate of drug-likeness (QED) is 0.841. The molecule has 0 aliphatic carbocycles. The standard InChI is InChI=1S/C15H23NO2/c1-11(2)9-12-5-7-13(8-6-12)10-16-14(17)15(3,4)18/h5-8,11,18H,9-10H2,1-4H3,(H,16,17). The van der Waals surface area contributed by atoms with Crippen molar-refractivity contribution in [2.75, 3.05) is 0 Å². The van der Waals surface area contributed by atoms with Gasteiger partial charge in [-0.15, -0.1) is 0 Å². The number of amides is 1. The van der Waals surface area contributed by atoms with E-state index in [0.717, 1.165) is 12.0 Å². The van der Waals surface area contributed by atoms with E-state index in [-0.39, 0.29) is 5.91 Å². The van der Waals surface area contributed by atoms with E-state index in [0.29, 0.717) is 12.5 Å². The van der Waals surface area contributed by atoms with Gasteiger partial charge >= 0.3 is 0 Å². The third-order valence-electron chi connectivity index (χ3n) is 2.68. The summed E-state index contributed by atoms with van der Waals surface area (Å²) in [5.74, 6) is 0.291. The summed E-state index contributed by atoms with van der Waals surface area (Å²) in [4.78, 5) is 11.5. The number of carbonyl (C=O) groups excluding carboxylic acids is 1. The van der Waals surface area contributed by atoms with Crippen molar-refractivity contribution in [2.45, 2.75) is 46.3 Å².